The summed E-state index contributed by atoms with van der Waals surface area (Å²) in [6.07, 6.45) is 3.21. The molecule has 1 N–H and O–H groups in total. The average molecular weight is 376 g/mol. The lowest BCUT2D eigenvalue weighted by Crippen LogP contribution is -2.07. The van der Waals surface area contributed by atoms with Gasteiger partial charge in [0.1, 0.15) is 0 Å². The maximum atomic E-state index is 12.0. The highest BCUT2D eigenvalue weighted by molar-refractivity contribution is 9.10. The molecule has 0 atom stereocenters. The normalized spacial score (nSPS) is 10.6. The topological polar surface area (TPSA) is 47.6 Å². The second-order valence-corrected chi connectivity index (χ2v) is 5.76. The molecule has 120 valence electrons. The highest BCUT2D eigenvalue weighted by Crippen LogP contribution is 2.28. The molecule has 1 amide bonds. The molecule has 0 heterocycles. The molecule has 2 rings (SSSR count). The van der Waals surface area contributed by atoms with E-state index in [1.165, 1.54) is 6.08 Å². The summed E-state index contributed by atoms with van der Waals surface area (Å²) in [5.41, 5.74) is 2.67. The molecule has 0 unspecified atom stereocenters. The van der Waals surface area contributed by atoms with E-state index in [0.717, 1.165) is 21.3 Å². The average Bonchev–Trinajstić information content (AvgIpc) is 2.56. The molecule has 0 bridgehead atoms. The zero-order valence-electron chi connectivity index (χ0n) is 13.2. The minimum atomic E-state index is -0.193. The molecular formula is C18H18BrNO3. The number of benzene rings is 2. The molecule has 0 aliphatic heterocycles. The van der Waals surface area contributed by atoms with Gasteiger partial charge in [0.15, 0.2) is 11.5 Å². The Hall–Kier alpha value is -2.27. The van der Waals surface area contributed by atoms with E-state index in [1.807, 2.05) is 37.3 Å². The van der Waals surface area contributed by atoms with Crippen LogP contribution in [0.3, 0.4) is 0 Å². The number of rotatable bonds is 5. The van der Waals surface area contributed by atoms with Crippen molar-refractivity contribution >= 4 is 33.6 Å². The van der Waals surface area contributed by atoms with E-state index in [4.69, 9.17) is 9.47 Å². The number of anilines is 1. The van der Waals surface area contributed by atoms with Gasteiger partial charge in [0.05, 0.1) is 14.2 Å². The van der Waals surface area contributed by atoms with Gasteiger partial charge in [-0.3, -0.25) is 4.79 Å². The number of aryl methyl sites for hydroxylation is 1. The quantitative estimate of drug-likeness (QED) is 0.786. The van der Waals surface area contributed by atoms with Gasteiger partial charge in [0.25, 0.3) is 0 Å². The van der Waals surface area contributed by atoms with Crippen LogP contribution in [0, 0.1) is 6.92 Å². The number of nitrogens with one attached hydrogen (secondary N) is 1. The van der Waals surface area contributed by atoms with Crippen molar-refractivity contribution < 1.29 is 14.3 Å². The van der Waals surface area contributed by atoms with Crippen molar-refractivity contribution in [3.8, 4) is 11.5 Å². The predicted molar refractivity (Wildman–Crippen MR) is 96.1 cm³/mol. The maximum Gasteiger partial charge on any atom is 0.248 e. The number of amides is 1. The standard InChI is InChI=1S/C18H18BrNO3/c1-12-10-14(6-7-15(12)19)20-18(21)9-5-13-4-8-16(22-2)17(11-13)23-3/h4-11H,1-3H3,(H,20,21). The van der Waals surface area contributed by atoms with Crippen LogP contribution in [0.15, 0.2) is 46.9 Å². The Kier molecular flexibility index (Phi) is 5.82. The fraction of sp³-hybridized carbons (Fsp3) is 0.167. The second-order valence-electron chi connectivity index (χ2n) is 4.90. The molecule has 2 aromatic carbocycles. The Morgan fingerprint density at radius 3 is 2.48 bits per heavy atom. The summed E-state index contributed by atoms with van der Waals surface area (Å²) < 4.78 is 11.4. The number of methoxy groups -OCH3 is 2. The fourth-order valence-electron chi connectivity index (χ4n) is 2.03. The van der Waals surface area contributed by atoms with Crippen molar-refractivity contribution in [3.05, 3.63) is 58.1 Å². The van der Waals surface area contributed by atoms with Crippen molar-refractivity contribution in [2.24, 2.45) is 0 Å². The van der Waals surface area contributed by atoms with Gasteiger partial charge in [-0.05, 0) is 54.5 Å². The molecule has 4 nitrogen and oxygen atoms in total. The van der Waals surface area contributed by atoms with Gasteiger partial charge >= 0.3 is 0 Å². The second kappa shape index (κ2) is 7.83. The first kappa shape index (κ1) is 17.1. The molecule has 23 heavy (non-hydrogen) atoms. The Morgan fingerprint density at radius 2 is 1.83 bits per heavy atom. The molecule has 0 radical (unpaired) electrons. The number of carbonyl (C=O) groups is 1. The van der Waals surface area contributed by atoms with E-state index >= 15 is 0 Å². The third kappa shape index (κ3) is 4.60. The van der Waals surface area contributed by atoms with Gasteiger partial charge in [-0.15, -0.1) is 0 Å². The third-order valence-corrected chi connectivity index (χ3v) is 4.15. The Balaban J connectivity index is 2.07. The van der Waals surface area contributed by atoms with Gasteiger partial charge in [-0.25, -0.2) is 0 Å². The minimum Gasteiger partial charge on any atom is -0.493 e. The summed E-state index contributed by atoms with van der Waals surface area (Å²) in [4.78, 5) is 12.0. The fourth-order valence-corrected chi connectivity index (χ4v) is 2.28. The van der Waals surface area contributed by atoms with Crippen molar-refractivity contribution in [1.29, 1.82) is 0 Å². The van der Waals surface area contributed by atoms with Crippen molar-refractivity contribution in [2.45, 2.75) is 6.92 Å². The van der Waals surface area contributed by atoms with Crippen LogP contribution < -0.4 is 14.8 Å². The summed E-state index contributed by atoms with van der Waals surface area (Å²) in [5, 5.41) is 2.83. The smallest absolute Gasteiger partial charge is 0.248 e. The van der Waals surface area contributed by atoms with E-state index in [1.54, 1.807) is 26.4 Å². The van der Waals surface area contributed by atoms with Gasteiger partial charge in [0.2, 0.25) is 5.91 Å². The third-order valence-electron chi connectivity index (χ3n) is 3.26. The Labute approximate surface area is 144 Å². The lowest BCUT2D eigenvalue weighted by molar-refractivity contribution is -0.111. The van der Waals surface area contributed by atoms with Crippen molar-refractivity contribution in [1.82, 2.24) is 0 Å². The first-order valence-electron chi connectivity index (χ1n) is 7.00. The van der Waals surface area contributed by atoms with Crippen LogP contribution >= 0.6 is 15.9 Å². The number of ether oxygens (including phenoxy) is 2. The number of hydrogen-bond donors (Lipinski definition) is 1. The van der Waals surface area contributed by atoms with Gasteiger partial charge in [0, 0.05) is 16.2 Å². The van der Waals surface area contributed by atoms with Crippen LogP contribution in [0.25, 0.3) is 6.08 Å². The minimum absolute atomic E-state index is 0.193. The molecule has 0 aliphatic carbocycles. The van der Waals surface area contributed by atoms with E-state index in [-0.39, 0.29) is 5.91 Å². The van der Waals surface area contributed by atoms with Gasteiger partial charge < -0.3 is 14.8 Å². The largest absolute Gasteiger partial charge is 0.493 e. The molecule has 0 spiro atoms. The molecule has 0 aromatic heterocycles. The monoisotopic (exact) mass is 375 g/mol. The SMILES string of the molecule is COc1ccc(C=CC(=O)Nc2ccc(Br)c(C)c2)cc1OC. The summed E-state index contributed by atoms with van der Waals surface area (Å²) >= 11 is 3.43. The molecule has 0 fully saturated rings. The maximum absolute atomic E-state index is 12.0. The summed E-state index contributed by atoms with van der Waals surface area (Å²) in [7, 11) is 3.16. The zero-order valence-corrected chi connectivity index (χ0v) is 14.8. The van der Waals surface area contributed by atoms with Crippen LogP contribution in [-0.2, 0) is 4.79 Å². The first-order chi connectivity index (χ1) is 11.0. The van der Waals surface area contributed by atoms with E-state index in [9.17, 15) is 4.79 Å². The molecule has 0 aliphatic rings. The van der Waals surface area contributed by atoms with Crippen molar-refractivity contribution in [2.75, 3.05) is 19.5 Å². The molecule has 0 saturated heterocycles. The summed E-state index contributed by atoms with van der Waals surface area (Å²) in [5.74, 6) is 1.08. The zero-order chi connectivity index (χ0) is 16.8. The Morgan fingerprint density at radius 1 is 1.09 bits per heavy atom. The number of carbonyl (C=O) groups excluding carboxylic acids is 1. The van der Waals surface area contributed by atoms with Crippen LogP contribution in [-0.4, -0.2) is 20.1 Å². The molecular weight excluding hydrogens is 358 g/mol. The summed E-state index contributed by atoms with van der Waals surface area (Å²) in [6, 6.07) is 11.1. The predicted octanol–water partition coefficient (Wildman–Crippen LogP) is 4.43. The van der Waals surface area contributed by atoms with E-state index in [2.05, 4.69) is 21.2 Å². The first-order valence-corrected chi connectivity index (χ1v) is 7.80. The summed E-state index contributed by atoms with van der Waals surface area (Å²) in [6.45, 7) is 1.97. The highest BCUT2D eigenvalue weighted by Gasteiger charge is 2.04. The van der Waals surface area contributed by atoms with Crippen molar-refractivity contribution in [3.63, 3.8) is 0 Å². The lowest BCUT2D eigenvalue weighted by atomic mass is 10.2. The number of hydrogen-bond acceptors (Lipinski definition) is 3. The van der Waals surface area contributed by atoms with Crippen LogP contribution in [0.1, 0.15) is 11.1 Å². The highest BCUT2D eigenvalue weighted by atomic mass is 79.9. The molecule has 2 aromatic rings. The van der Waals surface area contributed by atoms with Gasteiger partial charge in [-0.2, -0.15) is 0 Å². The van der Waals surface area contributed by atoms with E-state index in [0.29, 0.717) is 11.5 Å². The Bertz CT molecular complexity index is 741. The van der Waals surface area contributed by atoms with Crippen LogP contribution in [0.4, 0.5) is 5.69 Å². The van der Waals surface area contributed by atoms with E-state index < -0.39 is 0 Å². The molecule has 0 saturated carbocycles. The van der Waals surface area contributed by atoms with Crippen LogP contribution in [0.5, 0.6) is 11.5 Å². The number of halogens is 1. The molecule has 5 heteroatoms. The van der Waals surface area contributed by atoms with Gasteiger partial charge in [-0.1, -0.05) is 22.0 Å². The van der Waals surface area contributed by atoms with Crippen LogP contribution in [0.2, 0.25) is 0 Å². The lowest BCUT2D eigenvalue weighted by Gasteiger charge is -2.07.